The van der Waals surface area contributed by atoms with Crippen LogP contribution in [0.25, 0.3) is 0 Å². The van der Waals surface area contributed by atoms with Crippen molar-refractivity contribution in [1.82, 2.24) is 0 Å². The third-order valence-corrected chi connectivity index (χ3v) is 3.50. The summed E-state index contributed by atoms with van der Waals surface area (Å²) in [5, 5.41) is 3.32. The predicted octanol–water partition coefficient (Wildman–Crippen LogP) is 3.26. The lowest BCUT2D eigenvalue weighted by molar-refractivity contribution is -0.115. The second-order valence-electron chi connectivity index (χ2n) is 4.72. The number of anilines is 1. The molecule has 1 heterocycles. The summed E-state index contributed by atoms with van der Waals surface area (Å²) in [7, 11) is 1.54. The van der Waals surface area contributed by atoms with Crippen molar-refractivity contribution in [3.63, 3.8) is 0 Å². The molecule has 114 valence electrons. The van der Waals surface area contributed by atoms with Gasteiger partial charge in [-0.15, -0.1) is 0 Å². The van der Waals surface area contributed by atoms with Crippen molar-refractivity contribution in [3.05, 3.63) is 47.0 Å². The number of rotatable bonds is 4. The first-order valence-electron chi connectivity index (χ1n) is 6.68. The van der Waals surface area contributed by atoms with E-state index in [0.29, 0.717) is 28.0 Å². The van der Waals surface area contributed by atoms with E-state index in [4.69, 9.17) is 25.8 Å². The summed E-state index contributed by atoms with van der Waals surface area (Å²) < 4.78 is 15.9. The monoisotopic (exact) mass is 319 g/mol. The van der Waals surface area contributed by atoms with Crippen LogP contribution < -0.4 is 19.5 Å². The Bertz CT molecular complexity index is 711. The molecule has 1 aliphatic rings. The summed E-state index contributed by atoms with van der Waals surface area (Å²) in [6.07, 6.45) is 0.169. The fourth-order valence-corrected chi connectivity index (χ4v) is 2.45. The van der Waals surface area contributed by atoms with Crippen LogP contribution in [0.4, 0.5) is 5.69 Å². The highest BCUT2D eigenvalue weighted by molar-refractivity contribution is 6.31. The van der Waals surface area contributed by atoms with Crippen LogP contribution in [0.1, 0.15) is 5.56 Å². The molecule has 1 N–H and O–H groups in total. The standard InChI is InChI=1S/C16H14ClNO4/c1-20-13-6-5-11(17)8-12(13)18-15(19)7-10-3-2-4-14-16(10)22-9-21-14/h2-6,8H,7,9H2,1H3,(H,18,19). The van der Waals surface area contributed by atoms with Crippen LogP contribution in [-0.2, 0) is 11.2 Å². The molecule has 22 heavy (non-hydrogen) atoms. The van der Waals surface area contributed by atoms with E-state index in [9.17, 15) is 4.79 Å². The van der Waals surface area contributed by atoms with Crippen LogP contribution in [0.5, 0.6) is 17.2 Å². The SMILES string of the molecule is COc1ccc(Cl)cc1NC(=O)Cc1cccc2c1OCO2. The molecule has 1 amide bonds. The number of carbonyl (C=O) groups is 1. The molecule has 3 rings (SSSR count). The van der Waals surface area contributed by atoms with E-state index < -0.39 is 0 Å². The molecule has 0 radical (unpaired) electrons. The van der Waals surface area contributed by atoms with Crippen molar-refractivity contribution in [2.45, 2.75) is 6.42 Å². The Labute approximate surface area is 132 Å². The molecular weight excluding hydrogens is 306 g/mol. The van der Waals surface area contributed by atoms with E-state index in [1.54, 1.807) is 18.2 Å². The summed E-state index contributed by atoms with van der Waals surface area (Å²) in [5.74, 6) is 1.64. The van der Waals surface area contributed by atoms with Crippen LogP contribution in [0.3, 0.4) is 0 Å². The second kappa shape index (κ2) is 6.15. The molecule has 0 aromatic heterocycles. The Morgan fingerprint density at radius 1 is 1.32 bits per heavy atom. The molecule has 1 aliphatic heterocycles. The van der Waals surface area contributed by atoms with E-state index in [-0.39, 0.29) is 19.1 Å². The maximum Gasteiger partial charge on any atom is 0.231 e. The van der Waals surface area contributed by atoms with Crippen molar-refractivity contribution in [3.8, 4) is 17.2 Å². The lowest BCUT2D eigenvalue weighted by Crippen LogP contribution is -2.15. The van der Waals surface area contributed by atoms with Crippen molar-refractivity contribution in [2.75, 3.05) is 19.2 Å². The number of hydrogen-bond acceptors (Lipinski definition) is 4. The maximum absolute atomic E-state index is 12.3. The number of halogens is 1. The van der Waals surface area contributed by atoms with Gasteiger partial charge >= 0.3 is 0 Å². The number of carbonyl (C=O) groups excluding carboxylic acids is 1. The minimum Gasteiger partial charge on any atom is -0.495 e. The zero-order valence-corrected chi connectivity index (χ0v) is 12.6. The van der Waals surface area contributed by atoms with E-state index in [1.165, 1.54) is 7.11 Å². The molecular formula is C16H14ClNO4. The molecule has 0 saturated carbocycles. The Morgan fingerprint density at radius 2 is 2.18 bits per heavy atom. The highest BCUT2D eigenvalue weighted by atomic mass is 35.5. The molecule has 6 heteroatoms. The Kier molecular flexibility index (Phi) is 4.06. The van der Waals surface area contributed by atoms with Gasteiger partial charge in [0.25, 0.3) is 0 Å². The average molecular weight is 320 g/mol. The molecule has 2 aromatic carbocycles. The van der Waals surface area contributed by atoms with Crippen molar-refractivity contribution in [1.29, 1.82) is 0 Å². The van der Waals surface area contributed by atoms with Gasteiger partial charge in [-0.05, 0) is 24.3 Å². The van der Waals surface area contributed by atoms with Gasteiger partial charge in [0.05, 0.1) is 19.2 Å². The van der Waals surface area contributed by atoms with E-state index in [1.807, 2.05) is 18.2 Å². The summed E-state index contributed by atoms with van der Waals surface area (Å²) in [5.41, 5.74) is 1.30. The average Bonchev–Trinajstić information content (AvgIpc) is 2.97. The summed E-state index contributed by atoms with van der Waals surface area (Å²) >= 11 is 5.95. The Hall–Kier alpha value is -2.40. The number of amides is 1. The van der Waals surface area contributed by atoms with Crippen LogP contribution in [-0.4, -0.2) is 19.8 Å². The van der Waals surface area contributed by atoms with Crippen LogP contribution >= 0.6 is 11.6 Å². The highest BCUT2D eigenvalue weighted by Crippen LogP contribution is 2.36. The van der Waals surface area contributed by atoms with E-state index in [0.717, 1.165) is 5.56 Å². The zero-order chi connectivity index (χ0) is 15.5. The first kappa shape index (κ1) is 14.5. The van der Waals surface area contributed by atoms with E-state index >= 15 is 0 Å². The smallest absolute Gasteiger partial charge is 0.231 e. The van der Waals surface area contributed by atoms with Crippen molar-refractivity contribution < 1.29 is 19.0 Å². The third kappa shape index (κ3) is 2.94. The minimum absolute atomic E-state index is 0.169. The number of para-hydroxylation sites is 1. The fraction of sp³-hybridized carbons (Fsp3) is 0.188. The van der Waals surface area contributed by atoms with Crippen molar-refractivity contribution >= 4 is 23.2 Å². The van der Waals surface area contributed by atoms with Gasteiger partial charge in [-0.2, -0.15) is 0 Å². The molecule has 0 fully saturated rings. The van der Waals surface area contributed by atoms with Crippen LogP contribution in [0.2, 0.25) is 5.02 Å². The second-order valence-corrected chi connectivity index (χ2v) is 5.16. The van der Waals surface area contributed by atoms with Gasteiger partial charge < -0.3 is 19.5 Å². The van der Waals surface area contributed by atoms with Gasteiger partial charge in [-0.25, -0.2) is 0 Å². The lowest BCUT2D eigenvalue weighted by Gasteiger charge is -2.11. The van der Waals surface area contributed by atoms with Crippen LogP contribution in [0.15, 0.2) is 36.4 Å². The Balaban J connectivity index is 1.76. The number of nitrogens with one attached hydrogen (secondary N) is 1. The number of ether oxygens (including phenoxy) is 3. The summed E-state index contributed by atoms with van der Waals surface area (Å²) in [6.45, 7) is 0.177. The molecule has 0 aliphatic carbocycles. The fourth-order valence-electron chi connectivity index (χ4n) is 2.28. The summed E-state index contributed by atoms with van der Waals surface area (Å²) in [6, 6.07) is 10.5. The van der Waals surface area contributed by atoms with Gasteiger partial charge in [0, 0.05) is 10.6 Å². The lowest BCUT2D eigenvalue weighted by atomic mass is 10.1. The van der Waals surface area contributed by atoms with Gasteiger partial charge in [-0.1, -0.05) is 23.7 Å². The first-order chi connectivity index (χ1) is 10.7. The molecule has 2 aromatic rings. The molecule has 5 nitrogen and oxygen atoms in total. The molecule has 0 atom stereocenters. The van der Waals surface area contributed by atoms with Crippen LogP contribution in [0, 0.1) is 0 Å². The summed E-state index contributed by atoms with van der Waals surface area (Å²) in [4.78, 5) is 12.3. The van der Waals surface area contributed by atoms with Gasteiger partial charge in [0.2, 0.25) is 12.7 Å². The zero-order valence-electron chi connectivity index (χ0n) is 11.9. The molecule has 0 saturated heterocycles. The molecule has 0 bridgehead atoms. The number of hydrogen-bond donors (Lipinski definition) is 1. The van der Waals surface area contributed by atoms with Gasteiger partial charge in [0.15, 0.2) is 11.5 Å². The topological polar surface area (TPSA) is 56.8 Å². The Morgan fingerprint density at radius 3 is 3.00 bits per heavy atom. The number of fused-ring (bicyclic) bond motifs is 1. The highest BCUT2D eigenvalue weighted by Gasteiger charge is 2.19. The first-order valence-corrected chi connectivity index (χ1v) is 7.06. The van der Waals surface area contributed by atoms with Gasteiger partial charge in [-0.3, -0.25) is 4.79 Å². The van der Waals surface area contributed by atoms with Gasteiger partial charge in [0.1, 0.15) is 5.75 Å². The quantitative estimate of drug-likeness (QED) is 0.939. The molecule has 0 spiro atoms. The normalized spacial score (nSPS) is 12.1. The van der Waals surface area contributed by atoms with E-state index in [2.05, 4.69) is 5.32 Å². The number of benzene rings is 2. The maximum atomic E-state index is 12.3. The minimum atomic E-state index is -0.190. The third-order valence-electron chi connectivity index (χ3n) is 3.26. The van der Waals surface area contributed by atoms with Crippen molar-refractivity contribution in [2.24, 2.45) is 0 Å². The number of methoxy groups -OCH3 is 1. The predicted molar refractivity (Wildman–Crippen MR) is 82.9 cm³/mol. The largest absolute Gasteiger partial charge is 0.495 e. The molecule has 0 unspecified atom stereocenters.